The molecule has 1 saturated heterocycles. The first-order chi connectivity index (χ1) is 9.92. The van der Waals surface area contributed by atoms with Gasteiger partial charge >= 0.3 is 0 Å². The lowest BCUT2D eigenvalue weighted by atomic mass is 10.1. The molecule has 0 bridgehead atoms. The SMILES string of the molecule is CCC(C)NC(=O)C1CC(=O)N(c2ccc(C)cc2C)C1. The molecule has 0 saturated carbocycles. The third kappa shape index (κ3) is 3.43. The maximum atomic E-state index is 12.2. The van der Waals surface area contributed by atoms with Gasteiger partial charge in [0.05, 0.1) is 5.92 Å². The normalized spacial score (nSPS) is 19.7. The van der Waals surface area contributed by atoms with E-state index in [4.69, 9.17) is 0 Å². The molecule has 1 aromatic rings. The summed E-state index contributed by atoms with van der Waals surface area (Å²) in [5, 5.41) is 2.97. The van der Waals surface area contributed by atoms with Crippen LogP contribution < -0.4 is 10.2 Å². The van der Waals surface area contributed by atoms with E-state index in [2.05, 4.69) is 11.4 Å². The predicted molar refractivity (Wildman–Crippen MR) is 84.3 cm³/mol. The Balaban J connectivity index is 2.11. The Bertz CT molecular complexity index is 554. The van der Waals surface area contributed by atoms with E-state index in [0.29, 0.717) is 13.0 Å². The molecule has 114 valence electrons. The van der Waals surface area contributed by atoms with Crippen molar-refractivity contribution in [3.8, 4) is 0 Å². The van der Waals surface area contributed by atoms with E-state index in [9.17, 15) is 9.59 Å². The van der Waals surface area contributed by atoms with Crippen LogP contribution in [-0.4, -0.2) is 24.4 Å². The van der Waals surface area contributed by atoms with Crippen LogP contribution in [0.2, 0.25) is 0 Å². The zero-order valence-corrected chi connectivity index (χ0v) is 13.3. The van der Waals surface area contributed by atoms with Crippen molar-refractivity contribution in [3.63, 3.8) is 0 Å². The first-order valence-corrected chi connectivity index (χ1v) is 7.60. The average molecular weight is 288 g/mol. The molecule has 1 fully saturated rings. The molecule has 4 nitrogen and oxygen atoms in total. The van der Waals surface area contributed by atoms with E-state index in [1.807, 2.05) is 39.8 Å². The Labute approximate surface area is 126 Å². The van der Waals surface area contributed by atoms with E-state index in [1.54, 1.807) is 4.90 Å². The summed E-state index contributed by atoms with van der Waals surface area (Å²) < 4.78 is 0. The third-order valence-electron chi connectivity index (χ3n) is 4.14. The van der Waals surface area contributed by atoms with Crippen molar-refractivity contribution < 1.29 is 9.59 Å². The molecule has 0 radical (unpaired) electrons. The highest BCUT2D eigenvalue weighted by atomic mass is 16.2. The van der Waals surface area contributed by atoms with Gasteiger partial charge in [0, 0.05) is 24.7 Å². The number of benzene rings is 1. The van der Waals surface area contributed by atoms with E-state index >= 15 is 0 Å². The number of aryl methyl sites for hydroxylation is 2. The second kappa shape index (κ2) is 6.29. The summed E-state index contributed by atoms with van der Waals surface area (Å²) in [6.45, 7) is 8.53. The van der Waals surface area contributed by atoms with Crippen LogP contribution in [0.4, 0.5) is 5.69 Å². The maximum absolute atomic E-state index is 12.2. The first-order valence-electron chi connectivity index (χ1n) is 7.60. The van der Waals surface area contributed by atoms with E-state index in [-0.39, 0.29) is 23.8 Å². The highest BCUT2D eigenvalue weighted by Gasteiger charge is 2.35. The van der Waals surface area contributed by atoms with Gasteiger partial charge in [0.25, 0.3) is 0 Å². The molecule has 1 heterocycles. The van der Waals surface area contributed by atoms with Crippen LogP contribution in [0.25, 0.3) is 0 Å². The summed E-state index contributed by atoms with van der Waals surface area (Å²) in [7, 11) is 0. The molecule has 1 aliphatic heterocycles. The molecule has 0 spiro atoms. The highest BCUT2D eigenvalue weighted by Crippen LogP contribution is 2.28. The van der Waals surface area contributed by atoms with Crippen molar-refractivity contribution in [1.29, 1.82) is 0 Å². The second-order valence-electron chi connectivity index (χ2n) is 6.01. The minimum absolute atomic E-state index is 0.00929. The summed E-state index contributed by atoms with van der Waals surface area (Å²) in [5.41, 5.74) is 3.17. The molecular weight excluding hydrogens is 264 g/mol. The third-order valence-corrected chi connectivity index (χ3v) is 4.14. The average Bonchev–Trinajstić information content (AvgIpc) is 2.80. The monoisotopic (exact) mass is 288 g/mol. The molecule has 1 aliphatic rings. The number of carbonyl (C=O) groups is 2. The summed E-state index contributed by atoms with van der Waals surface area (Å²) in [6.07, 6.45) is 1.20. The Morgan fingerprint density at radius 3 is 2.76 bits per heavy atom. The van der Waals surface area contributed by atoms with E-state index in [0.717, 1.165) is 17.7 Å². The molecular formula is C17H24N2O2. The lowest BCUT2D eigenvalue weighted by Crippen LogP contribution is -2.38. The van der Waals surface area contributed by atoms with Crippen LogP contribution in [0.1, 0.15) is 37.8 Å². The number of nitrogens with zero attached hydrogens (tertiary/aromatic N) is 1. The molecule has 1 N–H and O–H groups in total. The molecule has 2 atom stereocenters. The van der Waals surface area contributed by atoms with Crippen molar-refractivity contribution in [2.75, 3.05) is 11.4 Å². The summed E-state index contributed by atoms with van der Waals surface area (Å²) >= 11 is 0. The van der Waals surface area contributed by atoms with Crippen LogP contribution >= 0.6 is 0 Å². The standard InChI is InChI=1S/C17H24N2O2/c1-5-13(4)18-17(21)14-9-16(20)19(10-14)15-7-6-11(2)8-12(15)3/h6-8,13-14H,5,9-10H2,1-4H3,(H,18,21). The molecule has 2 rings (SSSR count). The van der Waals surface area contributed by atoms with Gasteiger partial charge in [-0.05, 0) is 38.8 Å². The van der Waals surface area contributed by atoms with Gasteiger partial charge < -0.3 is 10.2 Å². The Kier molecular flexibility index (Phi) is 4.66. The molecule has 0 aliphatic carbocycles. The van der Waals surface area contributed by atoms with Crippen LogP contribution in [0.5, 0.6) is 0 Å². The van der Waals surface area contributed by atoms with E-state index < -0.39 is 0 Å². The number of hydrogen-bond acceptors (Lipinski definition) is 2. The van der Waals surface area contributed by atoms with Gasteiger partial charge in [-0.25, -0.2) is 0 Å². The van der Waals surface area contributed by atoms with Crippen LogP contribution in [0.3, 0.4) is 0 Å². The van der Waals surface area contributed by atoms with Gasteiger partial charge in [0.15, 0.2) is 0 Å². The fourth-order valence-corrected chi connectivity index (χ4v) is 2.69. The van der Waals surface area contributed by atoms with Crippen molar-refractivity contribution in [1.82, 2.24) is 5.32 Å². The van der Waals surface area contributed by atoms with Crippen molar-refractivity contribution in [2.45, 2.75) is 46.6 Å². The smallest absolute Gasteiger partial charge is 0.227 e. The van der Waals surface area contributed by atoms with Gasteiger partial charge in [-0.15, -0.1) is 0 Å². The first kappa shape index (κ1) is 15.5. The highest BCUT2D eigenvalue weighted by molar-refractivity contribution is 6.00. The molecule has 4 heteroatoms. The van der Waals surface area contributed by atoms with Crippen LogP contribution in [-0.2, 0) is 9.59 Å². The number of rotatable bonds is 4. The molecule has 2 amide bonds. The molecule has 0 aromatic heterocycles. The zero-order valence-electron chi connectivity index (χ0n) is 13.3. The van der Waals surface area contributed by atoms with Crippen molar-refractivity contribution in [3.05, 3.63) is 29.3 Å². The fourth-order valence-electron chi connectivity index (χ4n) is 2.69. The quantitative estimate of drug-likeness (QED) is 0.925. The summed E-state index contributed by atoms with van der Waals surface area (Å²) in [4.78, 5) is 26.2. The van der Waals surface area contributed by atoms with Gasteiger partial charge in [-0.1, -0.05) is 24.6 Å². The number of amides is 2. The largest absolute Gasteiger partial charge is 0.353 e. The van der Waals surface area contributed by atoms with Gasteiger partial charge in [-0.3, -0.25) is 9.59 Å². The zero-order chi connectivity index (χ0) is 15.6. The van der Waals surface area contributed by atoms with Gasteiger partial charge in [-0.2, -0.15) is 0 Å². The summed E-state index contributed by atoms with van der Waals surface area (Å²) in [6, 6.07) is 6.19. The number of hydrogen-bond donors (Lipinski definition) is 1. The Morgan fingerprint density at radius 2 is 2.14 bits per heavy atom. The molecule has 2 unspecified atom stereocenters. The van der Waals surface area contributed by atoms with Crippen molar-refractivity contribution in [2.24, 2.45) is 5.92 Å². The maximum Gasteiger partial charge on any atom is 0.227 e. The van der Waals surface area contributed by atoms with Crippen LogP contribution in [0.15, 0.2) is 18.2 Å². The van der Waals surface area contributed by atoms with Gasteiger partial charge in [0.1, 0.15) is 0 Å². The number of carbonyl (C=O) groups excluding carboxylic acids is 2. The van der Waals surface area contributed by atoms with E-state index in [1.165, 1.54) is 5.56 Å². The predicted octanol–water partition coefficient (Wildman–Crippen LogP) is 2.57. The van der Waals surface area contributed by atoms with Crippen molar-refractivity contribution >= 4 is 17.5 Å². The molecule has 21 heavy (non-hydrogen) atoms. The lowest BCUT2D eigenvalue weighted by molar-refractivity contribution is -0.126. The second-order valence-corrected chi connectivity index (χ2v) is 6.01. The minimum Gasteiger partial charge on any atom is -0.353 e. The molecule has 1 aromatic carbocycles. The lowest BCUT2D eigenvalue weighted by Gasteiger charge is -2.20. The number of nitrogens with one attached hydrogen (secondary N) is 1. The topological polar surface area (TPSA) is 49.4 Å². The summed E-state index contributed by atoms with van der Waals surface area (Å²) in [5.74, 6) is -0.219. The fraction of sp³-hybridized carbons (Fsp3) is 0.529. The van der Waals surface area contributed by atoms with Crippen LogP contribution in [0, 0.1) is 19.8 Å². The Hall–Kier alpha value is -1.84. The van der Waals surface area contributed by atoms with Gasteiger partial charge in [0.2, 0.25) is 11.8 Å². The Morgan fingerprint density at radius 1 is 1.43 bits per heavy atom. The number of anilines is 1. The minimum atomic E-state index is -0.243.